The molecule has 0 bridgehead atoms. The van der Waals surface area contributed by atoms with E-state index in [2.05, 4.69) is 39.9 Å². The SMILES string of the molecule is CCNC(=NCCc1cccc(OC)c1O)NCCc1ccccc1. The van der Waals surface area contributed by atoms with Gasteiger partial charge in [0.15, 0.2) is 17.5 Å². The number of guanidine groups is 1. The van der Waals surface area contributed by atoms with Crippen LogP contribution in [-0.2, 0) is 12.8 Å². The van der Waals surface area contributed by atoms with Crippen molar-refractivity contribution < 1.29 is 9.84 Å². The first-order valence-corrected chi connectivity index (χ1v) is 8.65. The van der Waals surface area contributed by atoms with Crippen molar-refractivity contribution in [1.82, 2.24) is 10.6 Å². The smallest absolute Gasteiger partial charge is 0.191 e. The number of nitrogens with zero attached hydrogens (tertiary/aromatic N) is 1. The minimum absolute atomic E-state index is 0.197. The van der Waals surface area contributed by atoms with E-state index in [1.54, 1.807) is 13.2 Å². The van der Waals surface area contributed by atoms with Gasteiger partial charge in [0.1, 0.15) is 0 Å². The zero-order valence-corrected chi connectivity index (χ0v) is 15.0. The maximum Gasteiger partial charge on any atom is 0.191 e. The molecule has 5 nitrogen and oxygen atoms in total. The van der Waals surface area contributed by atoms with E-state index >= 15 is 0 Å². The third kappa shape index (κ3) is 6.03. The Morgan fingerprint density at radius 1 is 1.04 bits per heavy atom. The van der Waals surface area contributed by atoms with Crippen LogP contribution in [0.5, 0.6) is 11.5 Å². The lowest BCUT2D eigenvalue weighted by atomic mass is 10.1. The van der Waals surface area contributed by atoms with Gasteiger partial charge >= 0.3 is 0 Å². The topological polar surface area (TPSA) is 65.9 Å². The molecular weight excluding hydrogens is 314 g/mol. The molecule has 0 spiro atoms. The predicted molar refractivity (Wildman–Crippen MR) is 102 cm³/mol. The van der Waals surface area contributed by atoms with Gasteiger partial charge < -0.3 is 20.5 Å². The summed E-state index contributed by atoms with van der Waals surface area (Å²) in [5.41, 5.74) is 2.13. The van der Waals surface area contributed by atoms with Crippen molar-refractivity contribution >= 4 is 5.96 Å². The average Bonchev–Trinajstić information content (AvgIpc) is 2.64. The Labute approximate surface area is 149 Å². The van der Waals surface area contributed by atoms with E-state index in [9.17, 15) is 5.11 Å². The van der Waals surface area contributed by atoms with Crippen molar-refractivity contribution in [3.05, 3.63) is 59.7 Å². The van der Waals surface area contributed by atoms with Crippen LogP contribution < -0.4 is 15.4 Å². The van der Waals surface area contributed by atoms with Crippen LogP contribution in [0.2, 0.25) is 0 Å². The third-order valence-electron chi connectivity index (χ3n) is 3.85. The Morgan fingerprint density at radius 3 is 2.56 bits per heavy atom. The summed E-state index contributed by atoms with van der Waals surface area (Å²) in [7, 11) is 1.55. The van der Waals surface area contributed by atoms with Gasteiger partial charge in [0.05, 0.1) is 7.11 Å². The number of phenolic OH excluding ortho intramolecular Hbond substituents is 1. The first-order valence-electron chi connectivity index (χ1n) is 8.65. The highest BCUT2D eigenvalue weighted by Gasteiger charge is 2.06. The summed E-state index contributed by atoms with van der Waals surface area (Å²) in [6, 6.07) is 15.9. The fraction of sp³-hybridized carbons (Fsp3) is 0.350. The number of benzene rings is 2. The number of ether oxygens (including phenoxy) is 1. The molecule has 2 aromatic rings. The molecule has 0 aliphatic heterocycles. The minimum atomic E-state index is 0.197. The predicted octanol–water partition coefficient (Wildman–Crippen LogP) is 2.74. The standard InChI is InChI=1S/C20H27N3O2/c1-3-21-20(22-14-12-16-8-5-4-6-9-16)23-15-13-17-10-7-11-18(25-2)19(17)24/h4-11,24H,3,12-15H2,1-2H3,(H2,21,22,23). The van der Waals surface area contributed by atoms with Gasteiger partial charge in [-0.1, -0.05) is 42.5 Å². The quantitative estimate of drug-likeness (QED) is 0.510. The highest BCUT2D eigenvalue weighted by molar-refractivity contribution is 5.79. The van der Waals surface area contributed by atoms with E-state index in [-0.39, 0.29) is 5.75 Å². The molecule has 0 saturated heterocycles. The Bertz CT molecular complexity index is 672. The van der Waals surface area contributed by atoms with Crippen LogP contribution >= 0.6 is 0 Å². The summed E-state index contributed by atoms with van der Waals surface area (Å²) in [6.07, 6.45) is 1.60. The molecule has 0 heterocycles. The largest absolute Gasteiger partial charge is 0.504 e. The van der Waals surface area contributed by atoms with Crippen LogP contribution in [-0.4, -0.2) is 37.8 Å². The molecule has 5 heteroatoms. The van der Waals surface area contributed by atoms with Crippen molar-refractivity contribution in [2.24, 2.45) is 4.99 Å². The number of phenols is 1. The maximum atomic E-state index is 10.1. The lowest BCUT2D eigenvalue weighted by molar-refractivity contribution is 0.370. The number of nitrogens with one attached hydrogen (secondary N) is 2. The molecule has 0 atom stereocenters. The second kappa shape index (κ2) is 10.2. The van der Waals surface area contributed by atoms with E-state index in [0.717, 1.165) is 31.0 Å². The fourth-order valence-corrected chi connectivity index (χ4v) is 2.53. The van der Waals surface area contributed by atoms with Crippen molar-refractivity contribution in [3.8, 4) is 11.5 Å². The highest BCUT2D eigenvalue weighted by Crippen LogP contribution is 2.29. The number of aromatic hydroxyl groups is 1. The summed E-state index contributed by atoms with van der Waals surface area (Å²) in [5, 5.41) is 16.7. The Balaban J connectivity index is 1.86. The Hall–Kier alpha value is -2.69. The third-order valence-corrected chi connectivity index (χ3v) is 3.85. The van der Waals surface area contributed by atoms with Gasteiger partial charge in [-0.15, -0.1) is 0 Å². The van der Waals surface area contributed by atoms with Crippen LogP contribution in [0.4, 0.5) is 0 Å². The van der Waals surface area contributed by atoms with Crippen LogP contribution in [0.15, 0.2) is 53.5 Å². The molecule has 134 valence electrons. The first kappa shape index (κ1) is 18.6. The summed E-state index contributed by atoms with van der Waals surface area (Å²) in [6.45, 7) is 4.26. The summed E-state index contributed by atoms with van der Waals surface area (Å²) < 4.78 is 5.14. The normalized spacial score (nSPS) is 11.2. The van der Waals surface area contributed by atoms with Crippen molar-refractivity contribution in [2.45, 2.75) is 19.8 Å². The zero-order chi connectivity index (χ0) is 17.9. The van der Waals surface area contributed by atoms with Crippen LogP contribution in [0.1, 0.15) is 18.1 Å². The van der Waals surface area contributed by atoms with Crippen molar-refractivity contribution in [3.63, 3.8) is 0 Å². The monoisotopic (exact) mass is 341 g/mol. The van der Waals surface area contributed by atoms with Crippen LogP contribution in [0.25, 0.3) is 0 Å². The van der Waals surface area contributed by atoms with Crippen LogP contribution in [0, 0.1) is 0 Å². The van der Waals surface area contributed by atoms with E-state index in [4.69, 9.17) is 4.74 Å². The number of hydrogen-bond acceptors (Lipinski definition) is 3. The zero-order valence-electron chi connectivity index (χ0n) is 15.0. The van der Waals surface area contributed by atoms with Gasteiger partial charge in [-0.3, -0.25) is 4.99 Å². The molecule has 0 fully saturated rings. The minimum Gasteiger partial charge on any atom is -0.504 e. The van der Waals surface area contributed by atoms with Gasteiger partial charge in [-0.05, 0) is 37.0 Å². The second-order valence-corrected chi connectivity index (χ2v) is 5.64. The second-order valence-electron chi connectivity index (χ2n) is 5.64. The van der Waals surface area contributed by atoms with Crippen molar-refractivity contribution in [1.29, 1.82) is 0 Å². The summed E-state index contributed by atoms with van der Waals surface area (Å²) >= 11 is 0. The molecule has 25 heavy (non-hydrogen) atoms. The Morgan fingerprint density at radius 2 is 1.84 bits per heavy atom. The van der Waals surface area contributed by atoms with Gasteiger partial charge in [0, 0.05) is 19.6 Å². The van der Waals surface area contributed by atoms with Gasteiger partial charge in [0.2, 0.25) is 0 Å². The number of methoxy groups -OCH3 is 1. The van der Waals surface area contributed by atoms with E-state index < -0.39 is 0 Å². The molecule has 0 saturated carbocycles. The molecule has 0 aliphatic rings. The summed E-state index contributed by atoms with van der Waals surface area (Å²) in [4.78, 5) is 4.58. The number of hydrogen-bond donors (Lipinski definition) is 3. The lowest BCUT2D eigenvalue weighted by Gasteiger charge is -2.12. The number of aliphatic imine (C=N–C) groups is 1. The maximum absolute atomic E-state index is 10.1. The molecular formula is C20H27N3O2. The highest BCUT2D eigenvalue weighted by atomic mass is 16.5. The molecule has 0 amide bonds. The number of para-hydroxylation sites is 1. The lowest BCUT2D eigenvalue weighted by Crippen LogP contribution is -2.38. The van der Waals surface area contributed by atoms with E-state index in [0.29, 0.717) is 18.7 Å². The van der Waals surface area contributed by atoms with E-state index in [1.807, 2.05) is 25.1 Å². The number of rotatable bonds is 8. The Kier molecular flexibility index (Phi) is 7.63. The van der Waals surface area contributed by atoms with Crippen molar-refractivity contribution in [2.75, 3.05) is 26.7 Å². The first-order chi connectivity index (χ1) is 12.2. The molecule has 2 rings (SSSR count). The van der Waals surface area contributed by atoms with E-state index in [1.165, 1.54) is 5.56 Å². The van der Waals surface area contributed by atoms with Gasteiger partial charge in [-0.2, -0.15) is 0 Å². The van der Waals surface area contributed by atoms with Crippen LogP contribution in [0.3, 0.4) is 0 Å². The van der Waals surface area contributed by atoms with Gasteiger partial charge in [0.25, 0.3) is 0 Å². The molecule has 2 aromatic carbocycles. The van der Waals surface area contributed by atoms with Gasteiger partial charge in [-0.25, -0.2) is 0 Å². The molecule has 0 radical (unpaired) electrons. The average molecular weight is 341 g/mol. The molecule has 0 unspecified atom stereocenters. The molecule has 3 N–H and O–H groups in total. The molecule has 0 aromatic heterocycles. The fourth-order valence-electron chi connectivity index (χ4n) is 2.53. The molecule has 0 aliphatic carbocycles. The summed E-state index contributed by atoms with van der Waals surface area (Å²) in [5.74, 6) is 1.48.